The molecule has 2 N–H and O–H groups in total. The molecule has 2 fully saturated rings. The molecule has 0 radical (unpaired) electrons. The summed E-state index contributed by atoms with van der Waals surface area (Å²) in [5, 5.41) is 7.54. The Hall–Kier alpha value is -2.51. The molecule has 1 aromatic carbocycles. The van der Waals surface area contributed by atoms with Gasteiger partial charge in [0.15, 0.2) is 0 Å². The molecule has 3 heterocycles. The Bertz CT molecular complexity index is 1170. The van der Waals surface area contributed by atoms with Gasteiger partial charge >= 0.3 is 0 Å². The van der Waals surface area contributed by atoms with Gasteiger partial charge in [-0.05, 0) is 81.3 Å². The van der Waals surface area contributed by atoms with E-state index < -0.39 is 0 Å². The molecule has 1 aliphatic carbocycles. The van der Waals surface area contributed by atoms with E-state index in [2.05, 4.69) is 46.5 Å². The molecule has 180 valence electrons. The number of nitrogens with zero attached hydrogens (tertiary/aromatic N) is 3. The van der Waals surface area contributed by atoms with Gasteiger partial charge in [-0.25, -0.2) is 9.97 Å². The van der Waals surface area contributed by atoms with Crippen molar-refractivity contribution in [1.29, 1.82) is 0 Å². The van der Waals surface area contributed by atoms with Crippen LogP contribution in [0.25, 0.3) is 20.7 Å². The highest BCUT2D eigenvalue weighted by Gasteiger charge is 2.25. The first-order valence-corrected chi connectivity index (χ1v) is 13.4. The van der Waals surface area contributed by atoms with Gasteiger partial charge in [-0.1, -0.05) is 19.9 Å². The number of carbonyl (C=O) groups is 1. The summed E-state index contributed by atoms with van der Waals surface area (Å²) in [6, 6.07) is 8.42. The highest BCUT2D eigenvalue weighted by Crippen LogP contribution is 2.36. The lowest BCUT2D eigenvalue weighted by molar-refractivity contribution is 0.0953. The number of fused-ring (bicyclic) bond motifs is 1. The van der Waals surface area contributed by atoms with Crippen LogP contribution in [0.3, 0.4) is 0 Å². The minimum atomic E-state index is 0.0249. The lowest BCUT2D eigenvalue weighted by Crippen LogP contribution is -2.25. The molecule has 7 heteroatoms. The van der Waals surface area contributed by atoms with Crippen LogP contribution in [0.5, 0.6) is 0 Å². The summed E-state index contributed by atoms with van der Waals surface area (Å²) in [5.74, 6) is 2.32. The quantitative estimate of drug-likeness (QED) is 0.407. The molecule has 5 rings (SSSR count). The van der Waals surface area contributed by atoms with Crippen LogP contribution >= 0.6 is 11.3 Å². The zero-order valence-corrected chi connectivity index (χ0v) is 21.3. The predicted octanol–water partition coefficient (Wildman–Crippen LogP) is 5.34. The molecule has 34 heavy (non-hydrogen) atoms. The molecule has 1 amide bonds. The predicted molar refractivity (Wildman–Crippen MR) is 141 cm³/mol. The molecule has 1 saturated heterocycles. The molecule has 0 unspecified atom stereocenters. The smallest absolute Gasteiger partial charge is 0.252 e. The van der Waals surface area contributed by atoms with Crippen LogP contribution in [-0.4, -0.2) is 53.0 Å². The zero-order chi connectivity index (χ0) is 23.7. The fourth-order valence-corrected chi connectivity index (χ4v) is 5.90. The topological polar surface area (TPSA) is 70.2 Å². The van der Waals surface area contributed by atoms with Gasteiger partial charge in [-0.15, -0.1) is 11.3 Å². The second-order valence-corrected chi connectivity index (χ2v) is 11.3. The molecule has 1 aliphatic heterocycles. The van der Waals surface area contributed by atoms with E-state index in [0.717, 1.165) is 76.0 Å². The van der Waals surface area contributed by atoms with Gasteiger partial charge < -0.3 is 15.5 Å². The van der Waals surface area contributed by atoms with Crippen LogP contribution < -0.4 is 10.6 Å². The average Bonchev–Trinajstić information content (AvgIpc) is 3.32. The Morgan fingerprint density at radius 3 is 2.88 bits per heavy atom. The van der Waals surface area contributed by atoms with Crippen molar-refractivity contribution in [2.75, 3.05) is 31.5 Å². The first-order chi connectivity index (χ1) is 16.5. The largest absolute Gasteiger partial charge is 0.354 e. The SMILES string of the molecule is Cc1cnc(NCCCN2CC[C@H](C(C)C)C2)nc1-c1cc2c(C(=O)NC3CC3)cccc2s1. The first-order valence-electron chi connectivity index (χ1n) is 12.6. The van der Waals surface area contributed by atoms with Crippen LogP contribution in [-0.2, 0) is 0 Å². The van der Waals surface area contributed by atoms with Gasteiger partial charge in [-0.2, -0.15) is 0 Å². The van der Waals surface area contributed by atoms with Crippen LogP contribution in [0.1, 0.15) is 55.5 Å². The number of aromatic nitrogens is 2. The summed E-state index contributed by atoms with van der Waals surface area (Å²) in [7, 11) is 0. The number of rotatable bonds is 9. The third kappa shape index (κ3) is 5.26. The molecule has 1 saturated carbocycles. The minimum absolute atomic E-state index is 0.0249. The molecular formula is C27H35N5OS. The third-order valence-electron chi connectivity index (χ3n) is 7.11. The normalized spacial score (nSPS) is 18.6. The number of likely N-dealkylation sites (tertiary alicyclic amines) is 1. The van der Waals surface area contributed by atoms with Crippen molar-refractivity contribution >= 4 is 33.3 Å². The summed E-state index contributed by atoms with van der Waals surface area (Å²) < 4.78 is 1.11. The lowest BCUT2D eigenvalue weighted by atomic mass is 9.95. The van der Waals surface area contributed by atoms with Crippen molar-refractivity contribution in [1.82, 2.24) is 20.2 Å². The van der Waals surface area contributed by atoms with E-state index in [0.29, 0.717) is 12.0 Å². The van der Waals surface area contributed by atoms with Gasteiger partial charge in [0.2, 0.25) is 5.95 Å². The highest BCUT2D eigenvalue weighted by molar-refractivity contribution is 7.22. The van der Waals surface area contributed by atoms with E-state index in [1.54, 1.807) is 11.3 Å². The minimum Gasteiger partial charge on any atom is -0.354 e. The molecule has 6 nitrogen and oxygen atoms in total. The maximum absolute atomic E-state index is 12.7. The summed E-state index contributed by atoms with van der Waals surface area (Å²) in [6.07, 6.45) is 6.48. The Morgan fingerprint density at radius 2 is 2.12 bits per heavy atom. The third-order valence-corrected chi connectivity index (χ3v) is 8.22. The fraction of sp³-hybridized carbons (Fsp3) is 0.519. The Morgan fingerprint density at radius 1 is 1.26 bits per heavy atom. The van der Waals surface area contributed by atoms with Crippen molar-refractivity contribution in [3.05, 3.63) is 41.6 Å². The van der Waals surface area contributed by atoms with E-state index in [1.807, 2.05) is 25.3 Å². The Balaban J connectivity index is 1.25. The van der Waals surface area contributed by atoms with Gasteiger partial charge in [0.1, 0.15) is 0 Å². The summed E-state index contributed by atoms with van der Waals surface area (Å²) >= 11 is 1.68. The van der Waals surface area contributed by atoms with Gasteiger partial charge in [-0.3, -0.25) is 4.79 Å². The van der Waals surface area contributed by atoms with Crippen molar-refractivity contribution in [2.24, 2.45) is 11.8 Å². The average molecular weight is 478 g/mol. The van der Waals surface area contributed by atoms with Gasteiger partial charge in [0, 0.05) is 41.0 Å². The fourth-order valence-electron chi connectivity index (χ4n) is 4.76. The summed E-state index contributed by atoms with van der Waals surface area (Å²) in [6.45, 7) is 11.2. The second kappa shape index (κ2) is 10.0. The van der Waals surface area contributed by atoms with Crippen molar-refractivity contribution in [3.63, 3.8) is 0 Å². The van der Waals surface area contributed by atoms with Crippen molar-refractivity contribution in [2.45, 2.75) is 52.5 Å². The van der Waals surface area contributed by atoms with Crippen LogP contribution in [0, 0.1) is 18.8 Å². The number of aryl methyl sites for hydroxylation is 1. The Kier molecular flexibility index (Phi) is 6.84. The van der Waals surface area contributed by atoms with E-state index in [1.165, 1.54) is 19.5 Å². The second-order valence-electron chi connectivity index (χ2n) is 10.2. The standard InChI is InChI=1S/C27H35N5OS/c1-17(2)19-10-13-32(16-19)12-5-11-28-27-29-15-18(3)25(31-27)24-14-22-21(6-4-7-23(22)34-24)26(33)30-20-8-9-20/h4,6-7,14-15,17,19-20H,5,8-13,16H2,1-3H3,(H,30,33)(H,28,29,31)/t19-/m0/s1. The maximum Gasteiger partial charge on any atom is 0.252 e. The van der Waals surface area contributed by atoms with E-state index >= 15 is 0 Å². The van der Waals surface area contributed by atoms with Crippen molar-refractivity contribution in [3.8, 4) is 10.6 Å². The van der Waals surface area contributed by atoms with Crippen LogP contribution in [0.15, 0.2) is 30.5 Å². The number of amides is 1. The molecule has 1 atom stereocenters. The summed E-state index contributed by atoms with van der Waals surface area (Å²) in [5.41, 5.74) is 2.73. The van der Waals surface area contributed by atoms with E-state index in [9.17, 15) is 4.79 Å². The maximum atomic E-state index is 12.7. The number of carbonyl (C=O) groups excluding carboxylic acids is 1. The number of hydrogen-bond acceptors (Lipinski definition) is 6. The molecule has 0 spiro atoms. The van der Waals surface area contributed by atoms with E-state index in [-0.39, 0.29) is 5.91 Å². The highest BCUT2D eigenvalue weighted by atomic mass is 32.1. The zero-order valence-electron chi connectivity index (χ0n) is 20.4. The first kappa shape index (κ1) is 23.2. The number of nitrogens with one attached hydrogen (secondary N) is 2. The number of hydrogen-bond donors (Lipinski definition) is 2. The van der Waals surface area contributed by atoms with E-state index in [4.69, 9.17) is 4.98 Å². The molecule has 2 aliphatic rings. The van der Waals surface area contributed by atoms with Gasteiger partial charge in [0.05, 0.1) is 10.6 Å². The number of thiophene rings is 1. The lowest BCUT2D eigenvalue weighted by Gasteiger charge is -2.17. The van der Waals surface area contributed by atoms with Crippen molar-refractivity contribution < 1.29 is 4.79 Å². The Labute approximate surface area is 206 Å². The number of anilines is 1. The van der Waals surface area contributed by atoms with Gasteiger partial charge in [0.25, 0.3) is 5.91 Å². The molecular weight excluding hydrogens is 442 g/mol. The molecule has 3 aromatic rings. The molecule has 0 bridgehead atoms. The van der Waals surface area contributed by atoms with Crippen LogP contribution in [0.2, 0.25) is 0 Å². The number of benzene rings is 1. The van der Waals surface area contributed by atoms with Crippen LogP contribution in [0.4, 0.5) is 5.95 Å². The monoisotopic (exact) mass is 477 g/mol. The molecule has 2 aromatic heterocycles. The summed E-state index contributed by atoms with van der Waals surface area (Å²) in [4.78, 5) is 25.7.